The lowest BCUT2D eigenvalue weighted by molar-refractivity contribution is -0.0589. The molecule has 1 aromatic carbocycles. The van der Waals surface area contributed by atoms with Gasteiger partial charge in [0.05, 0.1) is 23.8 Å². The molecule has 0 saturated carbocycles. The van der Waals surface area contributed by atoms with E-state index in [1.54, 1.807) is 0 Å². The number of carbonyl (C=O) groups is 1. The van der Waals surface area contributed by atoms with Gasteiger partial charge < -0.3 is 19.7 Å². The molecule has 23 heavy (non-hydrogen) atoms. The molecule has 2 aliphatic rings. The van der Waals surface area contributed by atoms with Gasteiger partial charge in [-0.2, -0.15) is 0 Å². The first-order valence-electron chi connectivity index (χ1n) is 8.38. The van der Waals surface area contributed by atoms with E-state index in [9.17, 15) is 9.90 Å². The van der Waals surface area contributed by atoms with Crippen molar-refractivity contribution in [1.82, 2.24) is 9.88 Å². The van der Waals surface area contributed by atoms with Gasteiger partial charge in [-0.05, 0) is 31.4 Å². The molecule has 3 heterocycles. The van der Waals surface area contributed by atoms with Crippen LogP contribution >= 0.6 is 0 Å². The van der Waals surface area contributed by atoms with Crippen molar-refractivity contribution < 1.29 is 14.6 Å². The maximum atomic E-state index is 13.1. The number of fused-ring (bicyclic) bond motifs is 1. The third kappa shape index (κ3) is 2.54. The largest absolute Gasteiger partial charge is 0.393 e. The van der Waals surface area contributed by atoms with Crippen LogP contribution in [-0.4, -0.2) is 52.8 Å². The van der Waals surface area contributed by atoms with E-state index in [0.29, 0.717) is 25.2 Å². The predicted molar refractivity (Wildman–Crippen MR) is 87.3 cm³/mol. The number of para-hydroxylation sites is 1. The zero-order chi connectivity index (χ0) is 15.8. The summed E-state index contributed by atoms with van der Waals surface area (Å²) >= 11 is 0. The van der Waals surface area contributed by atoms with Crippen LogP contribution in [0.2, 0.25) is 0 Å². The van der Waals surface area contributed by atoms with Crippen molar-refractivity contribution in [3.05, 3.63) is 36.0 Å². The second-order valence-electron chi connectivity index (χ2n) is 6.55. The lowest BCUT2D eigenvalue weighted by Gasteiger charge is -2.37. The third-order valence-corrected chi connectivity index (χ3v) is 5.23. The Morgan fingerprint density at radius 2 is 2.22 bits per heavy atom. The maximum absolute atomic E-state index is 13.1. The second-order valence-corrected chi connectivity index (χ2v) is 6.55. The van der Waals surface area contributed by atoms with Gasteiger partial charge in [0.25, 0.3) is 5.91 Å². The summed E-state index contributed by atoms with van der Waals surface area (Å²) in [6.07, 6.45) is 4.08. The number of H-pyrrole nitrogens is 1. The fourth-order valence-corrected chi connectivity index (χ4v) is 4.02. The summed E-state index contributed by atoms with van der Waals surface area (Å²) in [6.45, 7) is 1.91. The smallest absolute Gasteiger partial charge is 0.256 e. The molecule has 4 rings (SSSR count). The average Bonchev–Trinajstić information content (AvgIpc) is 3.23. The van der Waals surface area contributed by atoms with Crippen LogP contribution in [0.25, 0.3) is 10.9 Å². The van der Waals surface area contributed by atoms with Gasteiger partial charge in [-0.1, -0.05) is 12.1 Å². The molecule has 0 bridgehead atoms. The highest BCUT2D eigenvalue weighted by atomic mass is 16.5. The Kier molecular flexibility index (Phi) is 3.83. The van der Waals surface area contributed by atoms with Crippen LogP contribution in [0.5, 0.6) is 0 Å². The van der Waals surface area contributed by atoms with Crippen LogP contribution in [0.15, 0.2) is 30.5 Å². The Balaban J connectivity index is 1.63. The highest BCUT2D eigenvalue weighted by Gasteiger charge is 2.40. The summed E-state index contributed by atoms with van der Waals surface area (Å²) in [7, 11) is 0. The van der Waals surface area contributed by atoms with Gasteiger partial charge in [0, 0.05) is 36.7 Å². The van der Waals surface area contributed by atoms with Gasteiger partial charge >= 0.3 is 0 Å². The average molecular weight is 314 g/mol. The molecule has 2 aromatic rings. The summed E-state index contributed by atoms with van der Waals surface area (Å²) in [5.41, 5.74) is 1.61. The number of hydrogen-bond donors (Lipinski definition) is 2. The zero-order valence-corrected chi connectivity index (χ0v) is 13.1. The van der Waals surface area contributed by atoms with Crippen molar-refractivity contribution >= 4 is 16.8 Å². The summed E-state index contributed by atoms with van der Waals surface area (Å²) < 4.78 is 5.55. The first kappa shape index (κ1) is 14.7. The molecule has 2 aliphatic heterocycles. The van der Waals surface area contributed by atoms with Crippen molar-refractivity contribution in [2.45, 2.75) is 31.4 Å². The number of ether oxygens (including phenoxy) is 1. The number of nitrogens with one attached hydrogen (secondary N) is 1. The quantitative estimate of drug-likeness (QED) is 0.893. The molecular formula is C18H22N2O3. The van der Waals surface area contributed by atoms with Crippen LogP contribution in [-0.2, 0) is 4.74 Å². The molecule has 122 valence electrons. The van der Waals surface area contributed by atoms with Gasteiger partial charge in [-0.25, -0.2) is 0 Å². The van der Waals surface area contributed by atoms with E-state index < -0.39 is 0 Å². The number of aromatic nitrogens is 1. The molecule has 2 saturated heterocycles. The van der Waals surface area contributed by atoms with Gasteiger partial charge in [0.1, 0.15) is 0 Å². The Bertz CT molecular complexity index is 711. The van der Waals surface area contributed by atoms with Gasteiger partial charge in [-0.15, -0.1) is 0 Å². The standard InChI is InChI=1S/C18H22N2O3/c21-16-7-10-23-11-14(16)15-5-2-9-20(15)18(22)13-4-1-3-12-6-8-19-17(12)13/h1,3-4,6,8,14-16,19,21H,2,5,7,9-11H2. The second kappa shape index (κ2) is 5.98. The molecule has 0 spiro atoms. The van der Waals surface area contributed by atoms with E-state index in [1.165, 1.54) is 0 Å². The fourth-order valence-electron chi connectivity index (χ4n) is 4.02. The van der Waals surface area contributed by atoms with Crippen molar-refractivity contribution in [1.29, 1.82) is 0 Å². The van der Waals surface area contributed by atoms with Crippen LogP contribution in [0, 0.1) is 5.92 Å². The Morgan fingerprint density at radius 1 is 1.30 bits per heavy atom. The van der Waals surface area contributed by atoms with Crippen molar-refractivity contribution in [2.75, 3.05) is 19.8 Å². The van der Waals surface area contributed by atoms with E-state index in [1.807, 2.05) is 35.4 Å². The minimum Gasteiger partial charge on any atom is -0.393 e. The lowest BCUT2D eigenvalue weighted by atomic mass is 9.89. The third-order valence-electron chi connectivity index (χ3n) is 5.23. The molecule has 5 heteroatoms. The number of amides is 1. The van der Waals surface area contributed by atoms with E-state index in [0.717, 1.165) is 30.3 Å². The van der Waals surface area contributed by atoms with Crippen molar-refractivity contribution in [3.63, 3.8) is 0 Å². The molecular weight excluding hydrogens is 292 g/mol. The molecule has 0 aliphatic carbocycles. The maximum Gasteiger partial charge on any atom is 0.256 e. The number of rotatable bonds is 2. The van der Waals surface area contributed by atoms with E-state index in [-0.39, 0.29) is 24.0 Å². The fraction of sp³-hybridized carbons (Fsp3) is 0.500. The summed E-state index contributed by atoms with van der Waals surface area (Å²) in [5.74, 6) is 0.0800. The Morgan fingerprint density at radius 3 is 3.09 bits per heavy atom. The number of likely N-dealkylation sites (tertiary alicyclic amines) is 1. The number of aliphatic hydroxyl groups is 1. The highest BCUT2D eigenvalue weighted by Crippen LogP contribution is 2.32. The monoisotopic (exact) mass is 314 g/mol. The van der Waals surface area contributed by atoms with E-state index in [2.05, 4.69) is 4.98 Å². The minimum absolute atomic E-state index is 0.0260. The first-order chi connectivity index (χ1) is 11.3. The van der Waals surface area contributed by atoms with Crippen LogP contribution in [0.1, 0.15) is 29.6 Å². The predicted octanol–water partition coefficient (Wildman–Crippen LogP) is 2.17. The number of hydrogen-bond acceptors (Lipinski definition) is 3. The number of carbonyl (C=O) groups excluding carboxylic acids is 1. The van der Waals surface area contributed by atoms with Gasteiger partial charge in [0.2, 0.25) is 0 Å². The molecule has 0 radical (unpaired) electrons. The molecule has 1 aromatic heterocycles. The topological polar surface area (TPSA) is 65.6 Å². The minimum atomic E-state index is -0.372. The zero-order valence-electron chi connectivity index (χ0n) is 13.1. The lowest BCUT2D eigenvalue weighted by Crippen LogP contribution is -2.48. The van der Waals surface area contributed by atoms with Gasteiger partial charge in [0.15, 0.2) is 0 Å². The Hall–Kier alpha value is -1.85. The molecule has 5 nitrogen and oxygen atoms in total. The molecule has 1 amide bonds. The normalized spacial score (nSPS) is 28.4. The summed E-state index contributed by atoms with van der Waals surface area (Å²) in [6, 6.07) is 7.86. The summed E-state index contributed by atoms with van der Waals surface area (Å²) in [5, 5.41) is 11.4. The molecule has 2 N–H and O–H groups in total. The number of aromatic amines is 1. The van der Waals surface area contributed by atoms with E-state index in [4.69, 9.17) is 4.74 Å². The van der Waals surface area contributed by atoms with Crippen LogP contribution < -0.4 is 0 Å². The number of aliphatic hydroxyl groups excluding tert-OH is 1. The number of nitrogens with zero attached hydrogens (tertiary/aromatic N) is 1. The first-order valence-corrected chi connectivity index (χ1v) is 8.38. The van der Waals surface area contributed by atoms with Gasteiger partial charge in [-0.3, -0.25) is 4.79 Å². The summed E-state index contributed by atoms with van der Waals surface area (Å²) in [4.78, 5) is 18.2. The van der Waals surface area contributed by atoms with E-state index >= 15 is 0 Å². The van der Waals surface area contributed by atoms with Crippen LogP contribution in [0.4, 0.5) is 0 Å². The molecule has 3 unspecified atom stereocenters. The van der Waals surface area contributed by atoms with Crippen LogP contribution in [0.3, 0.4) is 0 Å². The number of benzene rings is 1. The highest BCUT2D eigenvalue weighted by molar-refractivity contribution is 6.05. The van der Waals surface area contributed by atoms with Crippen molar-refractivity contribution in [3.8, 4) is 0 Å². The Labute approximate surface area is 135 Å². The van der Waals surface area contributed by atoms with Crippen molar-refractivity contribution in [2.24, 2.45) is 5.92 Å². The SMILES string of the molecule is O=C(c1cccc2cc[nH]c12)N1CCCC1C1COCCC1O. The molecule has 3 atom stereocenters. The molecule has 2 fully saturated rings.